The van der Waals surface area contributed by atoms with Crippen LogP contribution in [0.1, 0.15) is 114 Å². The first-order valence-electron chi connectivity index (χ1n) is 20.7. The van der Waals surface area contributed by atoms with Gasteiger partial charge in [-0.2, -0.15) is 0 Å². The second-order valence-electron chi connectivity index (χ2n) is 17.4. The van der Waals surface area contributed by atoms with Gasteiger partial charge in [0.1, 0.15) is 5.78 Å². The van der Waals surface area contributed by atoms with Crippen molar-refractivity contribution in [3.8, 4) is 0 Å². The Kier molecular flexibility index (Phi) is 19.8. The first-order chi connectivity index (χ1) is 25.3. The van der Waals surface area contributed by atoms with Crippen LogP contribution in [0.5, 0.6) is 0 Å². The number of carbonyl (C=O) groups is 4. The Labute approximate surface area is 328 Å². The molecule has 0 radical (unpaired) electrons. The molecule has 2 rings (SSSR count). The highest BCUT2D eigenvalue weighted by Crippen LogP contribution is 2.32. The molecule has 0 spiro atoms. The molecule has 0 aromatic carbocycles. The lowest BCUT2D eigenvalue weighted by atomic mass is 9.82. The maximum atomic E-state index is 14.4. The average molecular weight is 760 g/mol. The summed E-state index contributed by atoms with van der Waals surface area (Å²) in [6.45, 7) is 20.8. The zero-order valence-corrected chi connectivity index (χ0v) is 36.3. The zero-order valence-electron chi connectivity index (χ0n) is 36.3. The topological polar surface area (TPSA) is 117 Å². The summed E-state index contributed by atoms with van der Waals surface area (Å²) >= 11 is 0. The Morgan fingerprint density at radius 1 is 0.852 bits per heavy atom. The van der Waals surface area contributed by atoms with Crippen molar-refractivity contribution in [2.45, 2.75) is 157 Å². The van der Waals surface area contributed by atoms with Gasteiger partial charge in [-0.1, -0.05) is 86.1 Å². The van der Waals surface area contributed by atoms with Crippen LogP contribution >= 0.6 is 0 Å². The van der Waals surface area contributed by atoms with E-state index in [9.17, 15) is 24.3 Å². The molecule has 1 aliphatic carbocycles. The number of carbonyl (C=O) groups excluding carboxylic acids is 4. The summed E-state index contributed by atoms with van der Waals surface area (Å²) in [5.41, 5.74) is 0. The fourth-order valence-corrected chi connectivity index (χ4v) is 8.84. The molecular weight excluding hydrogens is 682 g/mol. The first kappa shape index (κ1) is 47.8. The average Bonchev–Trinajstić information content (AvgIpc) is 3.62. The van der Waals surface area contributed by atoms with E-state index in [-0.39, 0.29) is 90.4 Å². The molecule has 1 unspecified atom stereocenters. The van der Waals surface area contributed by atoms with Crippen molar-refractivity contribution in [2.75, 3.05) is 34.9 Å². The maximum absolute atomic E-state index is 14.4. The minimum Gasteiger partial charge on any atom is -0.392 e. The van der Waals surface area contributed by atoms with Crippen LogP contribution in [0.4, 0.5) is 0 Å². The molecule has 2 aliphatic rings. The number of hydrogen-bond acceptors (Lipinski definition) is 8. The summed E-state index contributed by atoms with van der Waals surface area (Å²) in [6.07, 6.45) is 9.76. The Morgan fingerprint density at radius 3 is 2.00 bits per heavy atom. The third-order valence-electron chi connectivity index (χ3n) is 12.7. The van der Waals surface area contributed by atoms with Gasteiger partial charge < -0.3 is 24.4 Å². The van der Waals surface area contributed by atoms with Crippen LogP contribution in [0.15, 0.2) is 24.3 Å². The van der Waals surface area contributed by atoms with Crippen molar-refractivity contribution < 1.29 is 33.8 Å². The number of ether oxygens (including phenoxy) is 2. The highest BCUT2D eigenvalue weighted by atomic mass is 16.5. The molecule has 0 saturated carbocycles. The van der Waals surface area contributed by atoms with Gasteiger partial charge in [0.25, 0.3) is 0 Å². The molecule has 1 heterocycles. The van der Waals surface area contributed by atoms with Crippen molar-refractivity contribution in [3.63, 3.8) is 0 Å². The third kappa shape index (κ3) is 12.3. The predicted octanol–water partition coefficient (Wildman–Crippen LogP) is 6.59. The number of allylic oxidation sites excluding steroid dienone is 3. The molecule has 1 saturated heterocycles. The summed E-state index contributed by atoms with van der Waals surface area (Å²) in [6, 6.07) is -0.766. The van der Waals surface area contributed by atoms with E-state index in [4.69, 9.17) is 9.47 Å². The van der Waals surface area contributed by atoms with Crippen LogP contribution in [0, 0.1) is 41.4 Å². The number of likely N-dealkylation sites (tertiary alicyclic amines) is 1. The highest BCUT2D eigenvalue weighted by molar-refractivity contribution is 5.90. The third-order valence-corrected chi connectivity index (χ3v) is 12.7. The van der Waals surface area contributed by atoms with E-state index in [1.165, 1.54) is 0 Å². The van der Waals surface area contributed by atoms with E-state index in [2.05, 4.69) is 46.4 Å². The smallest absolute Gasteiger partial charge is 0.226 e. The zero-order chi connectivity index (χ0) is 41.0. The SMILES string of the molecule is CC[C@H](C)[C@@H]([C@@H](CC(=O)N1CCC[C@H]1[C@H](OC)[C@@H](C)C(=O)C[C@H](C)[C@@H](O)C1C=CC=CC1)OC)N(C)C(=O)[C@@H](CC(=O)[C@H](C(C)C)N(C)C(C)C)C(C)C. The number of aliphatic hydroxyl groups excluding tert-OH is 1. The molecule has 310 valence electrons. The lowest BCUT2D eigenvalue weighted by Gasteiger charge is -2.41. The molecule has 10 heteroatoms. The van der Waals surface area contributed by atoms with Gasteiger partial charge in [0, 0.05) is 64.4 Å². The number of likely N-dealkylation sites (N-methyl/N-ethyl adjacent to an activating group) is 2. The van der Waals surface area contributed by atoms with Crippen LogP contribution in [-0.2, 0) is 28.7 Å². The van der Waals surface area contributed by atoms with Gasteiger partial charge in [-0.05, 0) is 63.8 Å². The second-order valence-corrected chi connectivity index (χ2v) is 17.4. The predicted molar refractivity (Wildman–Crippen MR) is 217 cm³/mol. The molecule has 11 atom stereocenters. The minimum absolute atomic E-state index is 0.00990. The largest absolute Gasteiger partial charge is 0.392 e. The minimum atomic E-state index is -0.623. The van der Waals surface area contributed by atoms with Crippen LogP contribution in [0.2, 0.25) is 0 Å². The molecule has 1 fully saturated rings. The van der Waals surface area contributed by atoms with Gasteiger partial charge >= 0.3 is 0 Å². The van der Waals surface area contributed by atoms with E-state index >= 15 is 0 Å². The number of aliphatic hydroxyl groups is 1. The quantitative estimate of drug-likeness (QED) is 0.124. The number of rotatable bonds is 23. The van der Waals surface area contributed by atoms with Crippen molar-refractivity contribution in [1.29, 1.82) is 0 Å². The maximum Gasteiger partial charge on any atom is 0.226 e. The Morgan fingerprint density at radius 2 is 1.50 bits per heavy atom. The van der Waals surface area contributed by atoms with Crippen molar-refractivity contribution >= 4 is 23.4 Å². The van der Waals surface area contributed by atoms with E-state index in [0.29, 0.717) is 6.54 Å². The van der Waals surface area contributed by atoms with E-state index in [1.54, 1.807) is 26.2 Å². The number of amides is 2. The monoisotopic (exact) mass is 760 g/mol. The fraction of sp³-hybridized carbons (Fsp3) is 0.818. The molecule has 10 nitrogen and oxygen atoms in total. The molecule has 0 aromatic rings. The number of hydrogen-bond donors (Lipinski definition) is 1. The number of methoxy groups -OCH3 is 2. The second kappa shape index (κ2) is 22.4. The Balaban J connectivity index is 2.25. The van der Waals surface area contributed by atoms with Gasteiger partial charge in [-0.15, -0.1) is 0 Å². The Bertz CT molecular complexity index is 1260. The van der Waals surface area contributed by atoms with Crippen molar-refractivity contribution in [3.05, 3.63) is 24.3 Å². The van der Waals surface area contributed by atoms with Gasteiger partial charge in [0.05, 0.1) is 42.9 Å². The Hall–Kier alpha value is -2.40. The van der Waals surface area contributed by atoms with Crippen LogP contribution in [0.25, 0.3) is 0 Å². The lowest BCUT2D eigenvalue weighted by Crippen LogP contribution is -2.54. The molecule has 2 amide bonds. The fourth-order valence-electron chi connectivity index (χ4n) is 8.84. The first-order valence-corrected chi connectivity index (χ1v) is 20.7. The molecule has 0 aromatic heterocycles. The van der Waals surface area contributed by atoms with E-state index in [1.807, 2.05) is 63.9 Å². The number of ketones is 2. The van der Waals surface area contributed by atoms with E-state index in [0.717, 1.165) is 25.7 Å². The summed E-state index contributed by atoms with van der Waals surface area (Å²) in [5.74, 6) is -1.24. The van der Waals surface area contributed by atoms with Crippen molar-refractivity contribution in [2.24, 2.45) is 41.4 Å². The van der Waals surface area contributed by atoms with Gasteiger partial charge in [-0.25, -0.2) is 0 Å². The number of Topliss-reactive ketones (excluding diaryl/α,β-unsaturated/α-hetero) is 2. The highest BCUT2D eigenvalue weighted by Gasteiger charge is 2.43. The standard InChI is InChI=1S/C44H77N3O7/c1-15-30(8)41(46(12)44(52)34(27(2)3)25-37(49)40(28(4)5)45(11)29(6)7)38(53-13)26-39(50)47-23-19-22-35(47)43(54-14)32(10)36(48)24-31(9)42(51)33-20-17-16-18-21-33/h16-18,20,27-35,38,40-43,51H,15,19,21-26H2,1-14H3/t30-,31-,32-,33?,34-,35-,38+,40-,41-,42+,43+/m0/s1. The van der Waals surface area contributed by atoms with Gasteiger partial charge in [-0.3, -0.25) is 24.1 Å². The normalized spacial score (nSPS) is 22.6. The van der Waals surface area contributed by atoms with Crippen LogP contribution in [0.3, 0.4) is 0 Å². The summed E-state index contributed by atoms with van der Waals surface area (Å²) < 4.78 is 12.1. The van der Waals surface area contributed by atoms with Crippen LogP contribution < -0.4 is 0 Å². The summed E-state index contributed by atoms with van der Waals surface area (Å²) in [4.78, 5) is 61.8. The van der Waals surface area contributed by atoms with Gasteiger partial charge in [0.15, 0.2) is 5.78 Å². The molecule has 1 aliphatic heterocycles. The van der Waals surface area contributed by atoms with E-state index < -0.39 is 36.2 Å². The molecule has 54 heavy (non-hydrogen) atoms. The van der Waals surface area contributed by atoms with Gasteiger partial charge in [0.2, 0.25) is 11.8 Å². The number of nitrogens with zero attached hydrogens (tertiary/aromatic N) is 3. The summed E-state index contributed by atoms with van der Waals surface area (Å²) in [5, 5.41) is 11.0. The molecule has 1 N–H and O–H groups in total. The summed E-state index contributed by atoms with van der Waals surface area (Å²) in [7, 11) is 6.97. The lowest BCUT2D eigenvalue weighted by molar-refractivity contribution is -0.149. The molecule has 0 bridgehead atoms. The molecular formula is C44H77N3O7. The van der Waals surface area contributed by atoms with Crippen molar-refractivity contribution in [1.82, 2.24) is 14.7 Å². The van der Waals surface area contributed by atoms with Crippen LogP contribution in [-0.4, -0.2) is 121 Å².